The van der Waals surface area contributed by atoms with Gasteiger partial charge >= 0.3 is 5.69 Å². The van der Waals surface area contributed by atoms with Crippen LogP contribution in [-0.2, 0) is 0 Å². The van der Waals surface area contributed by atoms with Crippen LogP contribution in [0.5, 0.6) is 5.75 Å². The largest absolute Gasteiger partial charge is 0.497 e. The number of methoxy groups -OCH3 is 1. The number of nitro groups is 1. The van der Waals surface area contributed by atoms with E-state index in [0.717, 1.165) is 0 Å². The molecular weight excluding hydrogens is 310 g/mol. The van der Waals surface area contributed by atoms with Gasteiger partial charge in [-0.3, -0.25) is 10.1 Å². The Labute approximate surface area is 123 Å². The van der Waals surface area contributed by atoms with Gasteiger partial charge in [-0.1, -0.05) is 23.2 Å². The molecule has 0 radical (unpaired) electrons. The van der Waals surface area contributed by atoms with Gasteiger partial charge < -0.3 is 4.74 Å². The summed E-state index contributed by atoms with van der Waals surface area (Å²) in [6, 6.07) is 5.21. The third kappa shape index (κ3) is 2.66. The third-order valence-electron chi connectivity index (χ3n) is 2.54. The predicted molar refractivity (Wildman–Crippen MR) is 72.9 cm³/mol. The van der Waals surface area contributed by atoms with Gasteiger partial charge in [-0.15, -0.1) is 0 Å². The number of hydrogen-bond acceptors (Lipinski definition) is 4. The monoisotopic (exact) mass is 316 g/mol. The van der Waals surface area contributed by atoms with Crippen molar-refractivity contribution < 1.29 is 14.1 Å². The maximum Gasteiger partial charge on any atom is 0.324 e. The molecule has 5 nitrogen and oxygen atoms in total. The highest BCUT2D eigenvalue weighted by atomic mass is 35.5. The molecule has 0 saturated heterocycles. The Hall–Kier alpha value is -1.92. The summed E-state index contributed by atoms with van der Waals surface area (Å²) in [5, 5.41) is 10.1. The molecule has 1 aromatic carbocycles. The Morgan fingerprint density at radius 3 is 2.60 bits per heavy atom. The molecule has 0 aliphatic carbocycles. The minimum absolute atomic E-state index is 0.0852. The molecule has 0 spiro atoms. The standard InChI is InChI=1S/C12H7Cl2FN2O3/c1-20-6-2-3-9(15)7(4-6)10-5-8(13)11(17(18)19)12(14)16-10/h2-5H,1H3. The number of hydrogen-bond donors (Lipinski definition) is 0. The maximum atomic E-state index is 13.8. The van der Waals surface area contributed by atoms with E-state index in [2.05, 4.69) is 4.98 Å². The van der Waals surface area contributed by atoms with Crippen molar-refractivity contribution in [1.82, 2.24) is 4.98 Å². The summed E-state index contributed by atoms with van der Waals surface area (Å²) in [4.78, 5) is 13.8. The molecule has 0 N–H and O–H groups in total. The Kier molecular flexibility index (Phi) is 4.06. The van der Waals surface area contributed by atoms with Crippen LogP contribution >= 0.6 is 23.2 Å². The zero-order valence-corrected chi connectivity index (χ0v) is 11.6. The summed E-state index contributed by atoms with van der Waals surface area (Å²) in [6.45, 7) is 0. The van der Waals surface area contributed by atoms with E-state index < -0.39 is 21.6 Å². The number of pyridine rings is 1. The molecule has 0 atom stereocenters. The van der Waals surface area contributed by atoms with Crippen molar-refractivity contribution in [2.45, 2.75) is 0 Å². The van der Waals surface area contributed by atoms with E-state index in [1.807, 2.05) is 0 Å². The van der Waals surface area contributed by atoms with Crippen LogP contribution in [-0.4, -0.2) is 17.0 Å². The van der Waals surface area contributed by atoms with E-state index in [-0.39, 0.29) is 16.3 Å². The van der Waals surface area contributed by atoms with Gasteiger partial charge in [0.15, 0.2) is 0 Å². The molecule has 0 amide bonds. The number of rotatable bonds is 3. The van der Waals surface area contributed by atoms with Gasteiger partial charge in [0.25, 0.3) is 0 Å². The number of ether oxygens (including phenoxy) is 1. The molecule has 1 heterocycles. The maximum absolute atomic E-state index is 13.8. The summed E-state index contributed by atoms with van der Waals surface area (Å²) in [6.07, 6.45) is 0. The van der Waals surface area contributed by atoms with E-state index in [1.165, 1.54) is 31.4 Å². The molecule has 20 heavy (non-hydrogen) atoms. The van der Waals surface area contributed by atoms with Crippen molar-refractivity contribution in [3.8, 4) is 17.0 Å². The third-order valence-corrected chi connectivity index (χ3v) is 3.09. The average Bonchev–Trinajstić information content (AvgIpc) is 2.37. The SMILES string of the molecule is COc1ccc(F)c(-c2cc(Cl)c([N+](=O)[O-])c(Cl)n2)c1. The van der Waals surface area contributed by atoms with E-state index in [9.17, 15) is 14.5 Å². The van der Waals surface area contributed by atoms with E-state index in [0.29, 0.717) is 5.75 Å². The second-order valence-corrected chi connectivity index (χ2v) is 4.50. The van der Waals surface area contributed by atoms with Crippen LogP contribution < -0.4 is 4.74 Å². The lowest BCUT2D eigenvalue weighted by atomic mass is 10.1. The van der Waals surface area contributed by atoms with Crippen LogP contribution in [0.1, 0.15) is 0 Å². The van der Waals surface area contributed by atoms with E-state index in [4.69, 9.17) is 27.9 Å². The fourth-order valence-electron chi connectivity index (χ4n) is 1.61. The van der Waals surface area contributed by atoms with Gasteiger partial charge in [-0.2, -0.15) is 0 Å². The molecule has 2 aromatic rings. The molecule has 0 saturated carbocycles. The van der Waals surface area contributed by atoms with Gasteiger partial charge in [0.1, 0.15) is 16.6 Å². The second-order valence-electron chi connectivity index (χ2n) is 3.73. The van der Waals surface area contributed by atoms with Gasteiger partial charge in [0.05, 0.1) is 17.7 Å². The molecule has 0 bridgehead atoms. The number of aromatic nitrogens is 1. The quantitative estimate of drug-likeness (QED) is 0.485. The Bertz CT molecular complexity index is 671. The van der Waals surface area contributed by atoms with Crippen LogP contribution in [0.3, 0.4) is 0 Å². The number of nitrogens with zero attached hydrogens (tertiary/aromatic N) is 2. The first-order chi connectivity index (χ1) is 9.43. The fourth-order valence-corrected chi connectivity index (χ4v) is 2.18. The van der Waals surface area contributed by atoms with Gasteiger partial charge in [0.2, 0.25) is 5.15 Å². The predicted octanol–water partition coefficient (Wildman–Crippen LogP) is 4.11. The minimum Gasteiger partial charge on any atom is -0.497 e. The smallest absolute Gasteiger partial charge is 0.324 e. The van der Waals surface area contributed by atoms with Crippen molar-refractivity contribution in [2.24, 2.45) is 0 Å². The summed E-state index contributed by atoms with van der Waals surface area (Å²) in [5.41, 5.74) is -0.342. The number of benzene rings is 1. The van der Waals surface area contributed by atoms with Crippen LogP contribution in [0.15, 0.2) is 24.3 Å². The summed E-state index contributed by atoms with van der Waals surface area (Å²) >= 11 is 11.5. The van der Waals surface area contributed by atoms with Crippen molar-refractivity contribution in [1.29, 1.82) is 0 Å². The molecule has 0 unspecified atom stereocenters. The first-order valence-corrected chi connectivity index (χ1v) is 6.04. The van der Waals surface area contributed by atoms with Crippen molar-refractivity contribution in [3.05, 3.63) is 50.4 Å². The topological polar surface area (TPSA) is 65.3 Å². The normalized spacial score (nSPS) is 10.4. The molecule has 0 fully saturated rings. The highest BCUT2D eigenvalue weighted by molar-refractivity contribution is 6.37. The first-order valence-electron chi connectivity index (χ1n) is 5.28. The van der Waals surface area contributed by atoms with Crippen molar-refractivity contribution in [3.63, 3.8) is 0 Å². The molecule has 8 heteroatoms. The lowest BCUT2D eigenvalue weighted by Gasteiger charge is -2.07. The first kappa shape index (κ1) is 14.5. The lowest BCUT2D eigenvalue weighted by molar-refractivity contribution is -0.384. The Morgan fingerprint density at radius 1 is 1.35 bits per heavy atom. The van der Waals surface area contributed by atoms with E-state index >= 15 is 0 Å². The Morgan fingerprint density at radius 2 is 2.05 bits per heavy atom. The zero-order chi connectivity index (χ0) is 14.9. The highest BCUT2D eigenvalue weighted by Crippen LogP contribution is 2.35. The van der Waals surface area contributed by atoms with Crippen LogP contribution in [0, 0.1) is 15.9 Å². The summed E-state index contributed by atoms with van der Waals surface area (Å²) < 4.78 is 18.8. The zero-order valence-electron chi connectivity index (χ0n) is 10.1. The molecule has 1 aromatic heterocycles. The van der Waals surface area contributed by atoms with Crippen LogP contribution in [0.25, 0.3) is 11.3 Å². The highest BCUT2D eigenvalue weighted by Gasteiger charge is 2.22. The molecule has 104 valence electrons. The van der Waals surface area contributed by atoms with Crippen molar-refractivity contribution >= 4 is 28.9 Å². The summed E-state index contributed by atoms with van der Waals surface area (Å²) in [5.74, 6) is -0.159. The van der Waals surface area contributed by atoms with Crippen molar-refractivity contribution in [2.75, 3.05) is 7.11 Å². The molecular formula is C12H7Cl2FN2O3. The van der Waals surface area contributed by atoms with Crippen LogP contribution in [0.2, 0.25) is 10.2 Å². The molecule has 0 aliphatic heterocycles. The number of halogens is 3. The van der Waals surface area contributed by atoms with Gasteiger partial charge in [0, 0.05) is 5.56 Å². The van der Waals surface area contributed by atoms with Gasteiger partial charge in [-0.25, -0.2) is 9.37 Å². The minimum atomic E-state index is -0.747. The lowest BCUT2D eigenvalue weighted by Crippen LogP contribution is -1.96. The Balaban J connectivity index is 2.62. The van der Waals surface area contributed by atoms with E-state index in [1.54, 1.807) is 0 Å². The average molecular weight is 317 g/mol. The van der Waals surface area contributed by atoms with Gasteiger partial charge in [-0.05, 0) is 24.3 Å². The van der Waals surface area contributed by atoms with Crippen LogP contribution in [0.4, 0.5) is 10.1 Å². The molecule has 2 rings (SSSR count). The second kappa shape index (κ2) is 5.60. The molecule has 0 aliphatic rings. The summed E-state index contributed by atoms with van der Waals surface area (Å²) in [7, 11) is 1.43. The fraction of sp³-hybridized carbons (Fsp3) is 0.0833.